The lowest BCUT2D eigenvalue weighted by Crippen LogP contribution is -2.17. The number of benzene rings is 2. The van der Waals surface area contributed by atoms with Crippen molar-refractivity contribution in [1.82, 2.24) is 4.57 Å². The summed E-state index contributed by atoms with van der Waals surface area (Å²) in [5.74, 6) is -0.328. The molecule has 1 fully saturated rings. The Balaban J connectivity index is 1.58. The lowest BCUT2D eigenvalue weighted by Gasteiger charge is -2.17. The molecule has 0 aliphatic carbocycles. The van der Waals surface area contributed by atoms with Crippen LogP contribution in [0.15, 0.2) is 54.7 Å². The molecule has 5 nitrogen and oxygen atoms in total. The number of nitrogens with one attached hydrogen (secondary N) is 1. The summed E-state index contributed by atoms with van der Waals surface area (Å²) in [7, 11) is 0. The van der Waals surface area contributed by atoms with E-state index in [0.717, 1.165) is 29.7 Å². The molecule has 0 atom stereocenters. The molecule has 0 spiro atoms. The van der Waals surface area contributed by atoms with Crippen LogP contribution in [-0.4, -0.2) is 29.5 Å². The average molecular weight is 347 g/mol. The Morgan fingerprint density at radius 2 is 1.65 bits per heavy atom. The van der Waals surface area contributed by atoms with Gasteiger partial charge < -0.3 is 10.2 Å². The molecule has 1 amide bonds. The van der Waals surface area contributed by atoms with Crippen molar-refractivity contribution in [2.75, 3.05) is 23.3 Å². The van der Waals surface area contributed by atoms with Crippen molar-refractivity contribution in [3.05, 3.63) is 60.3 Å². The number of rotatable bonds is 3. The first-order valence-electron chi connectivity index (χ1n) is 8.91. The second kappa shape index (κ2) is 6.67. The van der Waals surface area contributed by atoms with Crippen LogP contribution in [0.2, 0.25) is 0 Å². The van der Waals surface area contributed by atoms with Gasteiger partial charge in [-0.2, -0.15) is 0 Å². The molecule has 5 heteroatoms. The van der Waals surface area contributed by atoms with E-state index < -0.39 is 0 Å². The Hall–Kier alpha value is -3.08. The number of fused-ring (bicyclic) bond motifs is 1. The predicted octanol–water partition coefficient (Wildman–Crippen LogP) is 4.15. The fourth-order valence-corrected chi connectivity index (χ4v) is 3.55. The van der Waals surface area contributed by atoms with Gasteiger partial charge in [-0.25, -0.2) is 0 Å². The molecule has 1 aliphatic heterocycles. The monoisotopic (exact) mass is 347 g/mol. The molecule has 2 heterocycles. The first kappa shape index (κ1) is 16.4. The van der Waals surface area contributed by atoms with E-state index in [4.69, 9.17) is 0 Å². The van der Waals surface area contributed by atoms with E-state index in [9.17, 15) is 9.59 Å². The summed E-state index contributed by atoms with van der Waals surface area (Å²) in [4.78, 5) is 27.0. The van der Waals surface area contributed by atoms with Gasteiger partial charge in [-0.3, -0.25) is 14.2 Å². The van der Waals surface area contributed by atoms with Crippen LogP contribution < -0.4 is 10.2 Å². The van der Waals surface area contributed by atoms with E-state index in [0.29, 0.717) is 5.56 Å². The molecule has 0 bridgehead atoms. The maximum Gasteiger partial charge on any atom is 0.257 e. The lowest BCUT2D eigenvalue weighted by molar-refractivity contribution is 0.0941. The van der Waals surface area contributed by atoms with Gasteiger partial charge in [0.05, 0.1) is 11.1 Å². The van der Waals surface area contributed by atoms with Crippen molar-refractivity contribution in [3.63, 3.8) is 0 Å². The van der Waals surface area contributed by atoms with Crippen LogP contribution in [0.4, 0.5) is 11.4 Å². The number of aromatic nitrogens is 1. The Kier molecular flexibility index (Phi) is 4.21. The number of anilines is 2. The highest BCUT2D eigenvalue weighted by Crippen LogP contribution is 2.24. The first-order valence-corrected chi connectivity index (χ1v) is 8.91. The van der Waals surface area contributed by atoms with E-state index in [-0.39, 0.29) is 11.8 Å². The number of nitrogens with zero attached hydrogens (tertiary/aromatic N) is 2. The molecule has 0 radical (unpaired) electrons. The highest BCUT2D eigenvalue weighted by Gasteiger charge is 2.17. The second-order valence-corrected chi connectivity index (χ2v) is 6.64. The van der Waals surface area contributed by atoms with Crippen LogP contribution in [-0.2, 0) is 0 Å². The molecule has 1 aliphatic rings. The van der Waals surface area contributed by atoms with E-state index >= 15 is 0 Å². The third-order valence-electron chi connectivity index (χ3n) is 4.89. The van der Waals surface area contributed by atoms with E-state index in [1.807, 2.05) is 48.5 Å². The van der Waals surface area contributed by atoms with Crippen LogP contribution in [0.5, 0.6) is 0 Å². The van der Waals surface area contributed by atoms with Crippen LogP contribution >= 0.6 is 0 Å². The quantitative estimate of drug-likeness (QED) is 0.774. The molecule has 3 aromatic rings. The van der Waals surface area contributed by atoms with Crippen LogP contribution in [0, 0.1) is 0 Å². The summed E-state index contributed by atoms with van der Waals surface area (Å²) in [6.07, 6.45) is 4.08. The van der Waals surface area contributed by atoms with Gasteiger partial charge in [-0.15, -0.1) is 0 Å². The van der Waals surface area contributed by atoms with Gasteiger partial charge in [-0.05, 0) is 43.2 Å². The lowest BCUT2D eigenvalue weighted by atomic mass is 10.1. The first-order chi connectivity index (χ1) is 12.6. The Bertz CT molecular complexity index is 967. The van der Waals surface area contributed by atoms with Crippen LogP contribution in [0.1, 0.15) is 34.9 Å². The normalized spacial score (nSPS) is 14.0. The Morgan fingerprint density at radius 1 is 0.962 bits per heavy atom. The summed E-state index contributed by atoms with van der Waals surface area (Å²) in [5, 5.41) is 3.71. The molecule has 1 saturated heterocycles. The predicted molar refractivity (Wildman–Crippen MR) is 104 cm³/mol. The Morgan fingerprint density at radius 3 is 2.35 bits per heavy atom. The number of hydrogen-bond acceptors (Lipinski definition) is 3. The highest BCUT2D eigenvalue weighted by molar-refractivity contribution is 6.14. The summed E-state index contributed by atoms with van der Waals surface area (Å²) in [6.45, 7) is 3.68. The smallest absolute Gasteiger partial charge is 0.257 e. The Labute approximate surface area is 152 Å². The summed E-state index contributed by atoms with van der Waals surface area (Å²) in [6, 6.07) is 15.4. The zero-order valence-electron chi connectivity index (χ0n) is 14.7. The minimum atomic E-state index is -0.213. The van der Waals surface area contributed by atoms with E-state index in [2.05, 4.69) is 10.2 Å². The van der Waals surface area contributed by atoms with Crippen LogP contribution in [0.25, 0.3) is 10.9 Å². The zero-order valence-corrected chi connectivity index (χ0v) is 14.7. The van der Waals surface area contributed by atoms with Crippen molar-refractivity contribution >= 4 is 34.1 Å². The van der Waals surface area contributed by atoms with Crippen molar-refractivity contribution in [2.24, 2.45) is 0 Å². The number of carbonyl (C=O) groups excluding carboxylic acids is 2. The second-order valence-electron chi connectivity index (χ2n) is 6.64. The maximum absolute atomic E-state index is 12.8. The van der Waals surface area contributed by atoms with Gasteiger partial charge in [0.2, 0.25) is 5.91 Å². The topological polar surface area (TPSA) is 54.3 Å². The van der Waals surface area contributed by atoms with Gasteiger partial charge >= 0.3 is 0 Å². The number of carbonyl (C=O) groups is 2. The molecular weight excluding hydrogens is 326 g/mol. The third-order valence-corrected chi connectivity index (χ3v) is 4.89. The molecule has 4 rings (SSSR count). The number of para-hydroxylation sites is 1. The fourth-order valence-electron chi connectivity index (χ4n) is 3.55. The van der Waals surface area contributed by atoms with Crippen molar-refractivity contribution in [2.45, 2.75) is 19.8 Å². The molecule has 0 saturated carbocycles. The van der Waals surface area contributed by atoms with Gasteiger partial charge in [0.1, 0.15) is 0 Å². The van der Waals surface area contributed by atoms with Gasteiger partial charge in [-0.1, -0.05) is 18.2 Å². The van der Waals surface area contributed by atoms with E-state index in [1.54, 1.807) is 6.20 Å². The molecule has 0 unspecified atom stereocenters. The summed E-state index contributed by atoms with van der Waals surface area (Å²) >= 11 is 0. The molecule has 1 N–H and O–H groups in total. The highest BCUT2D eigenvalue weighted by atomic mass is 16.2. The van der Waals surface area contributed by atoms with Crippen LogP contribution in [0.3, 0.4) is 0 Å². The van der Waals surface area contributed by atoms with Crippen molar-refractivity contribution < 1.29 is 9.59 Å². The van der Waals surface area contributed by atoms with E-state index in [1.165, 1.54) is 30.0 Å². The van der Waals surface area contributed by atoms with Gasteiger partial charge in [0.15, 0.2) is 0 Å². The molecule has 1 aromatic heterocycles. The number of amides is 1. The van der Waals surface area contributed by atoms with Gasteiger partial charge in [0, 0.05) is 43.0 Å². The molecule has 132 valence electrons. The molecule has 26 heavy (non-hydrogen) atoms. The number of hydrogen-bond donors (Lipinski definition) is 1. The summed E-state index contributed by atoms with van der Waals surface area (Å²) < 4.78 is 1.51. The molecular formula is C21H21N3O2. The summed E-state index contributed by atoms with van der Waals surface area (Å²) in [5.41, 5.74) is 3.18. The zero-order chi connectivity index (χ0) is 18.1. The fraction of sp³-hybridized carbons (Fsp3) is 0.238. The molecule has 2 aromatic carbocycles. The minimum absolute atomic E-state index is 0.116. The maximum atomic E-state index is 12.8. The SMILES string of the molecule is CC(=O)n1cc(C(=O)Nc2ccc(N3CCCC3)cc2)c2ccccc21. The average Bonchev–Trinajstić information content (AvgIpc) is 3.30. The third kappa shape index (κ3) is 2.96. The van der Waals surface area contributed by atoms with Crippen molar-refractivity contribution in [3.8, 4) is 0 Å². The van der Waals surface area contributed by atoms with Gasteiger partial charge in [0.25, 0.3) is 5.91 Å². The standard InChI is InChI=1S/C21H21N3O2/c1-15(25)24-14-19(18-6-2-3-7-20(18)24)21(26)22-16-8-10-17(11-9-16)23-12-4-5-13-23/h2-3,6-11,14H,4-5,12-13H2,1H3,(H,22,26). The minimum Gasteiger partial charge on any atom is -0.372 e. The van der Waals surface area contributed by atoms with Crippen molar-refractivity contribution in [1.29, 1.82) is 0 Å². The largest absolute Gasteiger partial charge is 0.372 e.